The molecule has 0 radical (unpaired) electrons. The first kappa shape index (κ1) is 12.8. The van der Waals surface area contributed by atoms with Crippen LogP contribution in [0.5, 0.6) is 5.75 Å². The number of carboxylic acids is 1. The Morgan fingerprint density at radius 2 is 1.94 bits per heavy atom. The number of carbonyl (C=O) groups excluding carboxylic acids is 1. The number of aliphatic carboxylic acids is 1. The van der Waals surface area contributed by atoms with E-state index >= 15 is 0 Å². The Bertz CT molecular complexity index is 407. The molecule has 0 atom stereocenters. The highest BCUT2D eigenvalue weighted by Crippen LogP contribution is 2.13. The molecular formula is C12H12O5. The quantitative estimate of drug-likeness (QED) is 0.481. The van der Waals surface area contributed by atoms with E-state index in [0.717, 1.165) is 0 Å². The summed E-state index contributed by atoms with van der Waals surface area (Å²) in [5, 5.41) is 8.56. The predicted octanol–water partition coefficient (Wildman–Crippen LogP) is 2.02. The van der Waals surface area contributed by atoms with Gasteiger partial charge >= 0.3 is 12.1 Å². The minimum atomic E-state index is -0.913. The second-order valence-corrected chi connectivity index (χ2v) is 3.17. The number of rotatable bonds is 5. The van der Waals surface area contributed by atoms with Gasteiger partial charge in [0.2, 0.25) is 0 Å². The zero-order valence-corrected chi connectivity index (χ0v) is 9.09. The molecule has 0 saturated carbocycles. The van der Waals surface area contributed by atoms with E-state index < -0.39 is 12.1 Å². The van der Waals surface area contributed by atoms with Crippen LogP contribution in [0.1, 0.15) is 5.56 Å². The average Bonchev–Trinajstić information content (AvgIpc) is 2.28. The van der Waals surface area contributed by atoms with Gasteiger partial charge in [0.25, 0.3) is 0 Å². The van der Waals surface area contributed by atoms with Crippen molar-refractivity contribution in [2.24, 2.45) is 0 Å². The van der Waals surface area contributed by atoms with E-state index in [9.17, 15) is 9.59 Å². The van der Waals surface area contributed by atoms with Crippen LogP contribution in [0, 0.1) is 0 Å². The van der Waals surface area contributed by atoms with Gasteiger partial charge < -0.3 is 14.6 Å². The van der Waals surface area contributed by atoms with Crippen LogP contribution < -0.4 is 4.74 Å². The van der Waals surface area contributed by atoms with Gasteiger partial charge in [-0.2, -0.15) is 0 Å². The highest BCUT2D eigenvalue weighted by Gasteiger charge is 2.05. The number of ether oxygens (including phenoxy) is 2. The molecule has 0 aromatic heterocycles. The minimum absolute atomic E-state index is 0.0683. The van der Waals surface area contributed by atoms with E-state index in [2.05, 4.69) is 11.3 Å². The predicted molar refractivity (Wildman–Crippen MR) is 60.0 cm³/mol. The fourth-order valence-corrected chi connectivity index (χ4v) is 1.10. The topological polar surface area (TPSA) is 72.8 Å². The molecule has 0 aliphatic rings. The number of hydrogen-bond acceptors (Lipinski definition) is 4. The lowest BCUT2D eigenvalue weighted by atomic mass is 10.1. The third-order valence-electron chi connectivity index (χ3n) is 1.80. The number of carbonyl (C=O) groups is 2. The van der Waals surface area contributed by atoms with Crippen molar-refractivity contribution < 1.29 is 24.2 Å². The van der Waals surface area contributed by atoms with Crippen LogP contribution in [-0.4, -0.2) is 23.8 Å². The summed E-state index contributed by atoms with van der Waals surface area (Å²) in [5.41, 5.74) is 0.629. The SMILES string of the molecule is C=CCOC(=O)Oc1ccc(CC(=O)O)cc1. The molecule has 0 aliphatic heterocycles. The molecule has 1 aromatic rings. The molecule has 0 unspecified atom stereocenters. The Balaban J connectivity index is 2.53. The van der Waals surface area contributed by atoms with E-state index in [0.29, 0.717) is 11.3 Å². The molecule has 0 spiro atoms. The van der Waals surface area contributed by atoms with Crippen molar-refractivity contribution in [3.63, 3.8) is 0 Å². The van der Waals surface area contributed by atoms with E-state index in [-0.39, 0.29) is 13.0 Å². The first-order valence-corrected chi connectivity index (χ1v) is 4.88. The van der Waals surface area contributed by atoms with Crippen LogP contribution in [0.2, 0.25) is 0 Å². The molecule has 0 fully saturated rings. The van der Waals surface area contributed by atoms with Crippen LogP contribution >= 0.6 is 0 Å². The summed E-state index contributed by atoms with van der Waals surface area (Å²) in [7, 11) is 0. The Kier molecular flexibility index (Phi) is 4.75. The van der Waals surface area contributed by atoms with Crippen molar-refractivity contribution in [1.29, 1.82) is 0 Å². The van der Waals surface area contributed by atoms with Crippen molar-refractivity contribution in [3.05, 3.63) is 42.5 Å². The Morgan fingerprint density at radius 1 is 1.29 bits per heavy atom. The maximum Gasteiger partial charge on any atom is 0.514 e. The molecule has 0 aliphatic carbocycles. The van der Waals surface area contributed by atoms with Gasteiger partial charge in [-0.25, -0.2) is 4.79 Å². The minimum Gasteiger partial charge on any atom is -0.481 e. The fraction of sp³-hybridized carbons (Fsp3) is 0.167. The summed E-state index contributed by atoms with van der Waals surface area (Å²) in [6.45, 7) is 3.47. The summed E-state index contributed by atoms with van der Waals surface area (Å²) in [4.78, 5) is 21.5. The van der Waals surface area contributed by atoms with E-state index in [1.807, 2.05) is 0 Å². The number of hydrogen-bond donors (Lipinski definition) is 1. The Labute approximate surface area is 98.3 Å². The first-order chi connectivity index (χ1) is 8.11. The monoisotopic (exact) mass is 236 g/mol. The van der Waals surface area contributed by atoms with Crippen molar-refractivity contribution >= 4 is 12.1 Å². The van der Waals surface area contributed by atoms with Crippen LogP contribution in [0.25, 0.3) is 0 Å². The van der Waals surface area contributed by atoms with Crippen molar-refractivity contribution in [1.82, 2.24) is 0 Å². The van der Waals surface area contributed by atoms with E-state index in [1.54, 1.807) is 12.1 Å². The summed E-state index contributed by atoms with van der Waals surface area (Å²) in [5.74, 6) is -0.614. The average molecular weight is 236 g/mol. The molecule has 1 aromatic carbocycles. The summed E-state index contributed by atoms with van der Waals surface area (Å²) in [6, 6.07) is 6.16. The largest absolute Gasteiger partial charge is 0.514 e. The molecule has 0 saturated heterocycles. The molecule has 0 bridgehead atoms. The third-order valence-corrected chi connectivity index (χ3v) is 1.80. The zero-order valence-electron chi connectivity index (χ0n) is 9.09. The molecule has 17 heavy (non-hydrogen) atoms. The molecule has 0 heterocycles. The summed E-state index contributed by atoms with van der Waals surface area (Å²) < 4.78 is 9.44. The van der Waals surface area contributed by atoms with Gasteiger partial charge in [-0.05, 0) is 17.7 Å². The van der Waals surface area contributed by atoms with E-state index in [4.69, 9.17) is 9.84 Å². The molecular weight excluding hydrogens is 224 g/mol. The summed E-state index contributed by atoms with van der Waals surface area (Å²) in [6.07, 6.45) is 0.536. The fourth-order valence-electron chi connectivity index (χ4n) is 1.10. The van der Waals surface area contributed by atoms with Crippen LogP contribution in [-0.2, 0) is 16.0 Å². The van der Waals surface area contributed by atoms with Gasteiger partial charge in [0, 0.05) is 0 Å². The van der Waals surface area contributed by atoms with Gasteiger partial charge in [-0.3, -0.25) is 4.79 Å². The maximum atomic E-state index is 11.0. The van der Waals surface area contributed by atoms with Gasteiger partial charge in [-0.15, -0.1) is 0 Å². The normalized spacial score (nSPS) is 9.41. The molecule has 5 nitrogen and oxygen atoms in total. The second-order valence-electron chi connectivity index (χ2n) is 3.17. The van der Waals surface area contributed by atoms with Crippen molar-refractivity contribution in [3.8, 4) is 5.75 Å². The molecule has 5 heteroatoms. The van der Waals surface area contributed by atoms with Gasteiger partial charge in [0.05, 0.1) is 6.42 Å². The van der Waals surface area contributed by atoms with Gasteiger partial charge in [-0.1, -0.05) is 24.8 Å². The number of benzene rings is 1. The Hall–Kier alpha value is -2.30. The first-order valence-electron chi connectivity index (χ1n) is 4.88. The third kappa shape index (κ3) is 4.83. The molecule has 0 amide bonds. The maximum absolute atomic E-state index is 11.0. The molecule has 1 N–H and O–H groups in total. The lowest BCUT2D eigenvalue weighted by molar-refractivity contribution is -0.136. The zero-order chi connectivity index (χ0) is 12.7. The van der Waals surface area contributed by atoms with Crippen molar-refractivity contribution in [2.45, 2.75) is 6.42 Å². The molecule has 1 rings (SSSR count). The highest BCUT2D eigenvalue weighted by atomic mass is 16.7. The van der Waals surface area contributed by atoms with Gasteiger partial charge in [0.1, 0.15) is 12.4 Å². The van der Waals surface area contributed by atoms with Crippen molar-refractivity contribution in [2.75, 3.05) is 6.61 Å². The van der Waals surface area contributed by atoms with Crippen LogP contribution in [0.3, 0.4) is 0 Å². The highest BCUT2D eigenvalue weighted by molar-refractivity contribution is 5.70. The van der Waals surface area contributed by atoms with Gasteiger partial charge in [0.15, 0.2) is 0 Å². The lowest BCUT2D eigenvalue weighted by Gasteiger charge is -2.04. The Morgan fingerprint density at radius 3 is 2.47 bits per heavy atom. The number of carboxylic acid groups (broad SMARTS) is 1. The van der Waals surface area contributed by atoms with Crippen LogP contribution in [0.4, 0.5) is 4.79 Å². The second kappa shape index (κ2) is 6.32. The molecule has 90 valence electrons. The smallest absolute Gasteiger partial charge is 0.481 e. The van der Waals surface area contributed by atoms with Crippen LogP contribution in [0.15, 0.2) is 36.9 Å². The summed E-state index contributed by atoms with van der Waals surface area (Å²) >= 11 is 0. The van der Waals surface area contributed by atoms with E-state index in [1.165, 1.54) is 18.2 Å². The standard InChI is InChI=1S/C12H12O5/c1-2-7-16-12(15)17-10-5-3-9(4-6-10)8-11(13)14/h2-6H,1,7-8H2,(H,13,14). The lowest BCUT2D eigenvalue weighted by Crippen LogP contribution is -2.10.